The summed E-state index contributed by atoms with van der Waals surface area (Å²) in [6, 6.07) is 27.2. The number of nitrogens with one attached hydrogen (secondary N) is 2. The minimum Gasteiger partial charge on any atom is -0.497 e. The molecule has 14 nitrogen and oxygen atoms in total. The van der Waals surface area contributed by atoms with Crippen LogP contribution in [0.1, 0.15) is 25.5 Å². The van der Waals surface area contributed by atoms with Crippen molar-refractivity contribution in [2.75, 3.05) is 51.3 Å². The number of rotatable bonds is 6. The van der Waals surface area contributed by atoms with E-state index in [1.54, 1.807) is 28.4 Å². The molecule has 4 aliphatic heterocycles. The van der Waals surface area contributed by atoms with Crippen molar-refractivity contribution in [2.45, 2.75) is 32.6 Å². The van der Waals surface area contributed by atoms with Crippen LogP contribution in [-0.2, 0) is 22.8 Å². The van der Waals surface area contributed by atoms with Crippen LogP contribution >= 0.6 is 0 Å². The third-order valence-electron chi connectivity index (χ3n) is 10.9. The van der Waals surface area contributed by atoms with Crippen LogP contribution in [0.25, 0.3) is 33.2 Å². The smallest absolute Gasteiger partial charge is 0.195 e. The van der Waals surface area contributed by atoms with Gasteiger partial charge in [-0.05, 0) is 38.1 Å². The van der Waals surface area contributed by atoms with Crippen LogP contribution in [0.2, 0.25) is 0 Å². The first kappa shape index (κ1) is 35.7. The number of nitrogens with zero attached hydrogens (tertiary/aromatic N) is 6. The van der Waals surface area contributed by atoms with Gasteiger partial charge in [0, 0.05) is 49.5 Å². The van der Waals surface area contributed by atoms with E-state index in [-0.39, 0.29) is 18.1 Å². The lowest BCUT2D eigenvalue weighted by Crippen LogP contribution is -2.46. The van der Waals surface area contributed by atoms with E-state index in [1.165, 1.54) is 0 Å². The number of Topliss-reactive ketones (excluding diaryl/α,β-unsaturated/α-hetero) is 2. The number of methoxy groups -OCH3 is 4. The lowest BCUT2D eigenvalue weighted by molar-refractivity contribution is -0.117. The number of ketones is 2. The summed E-state index contributed by atoms with van der Waals surface area (Å²) >= 11 is 0. The summed E-state index contributed by atoms with van der Waals surface area (Å²) in [5, 5.41) is 6.89. The molecule has 2 aromatic heterocycles. The van der Waals surface area contributed by atoms with Gasteiger partial charge in [0.2, 0.25) is 0 Å². The van der Waals surface area contributed by atoms with E-state index in [4.69, 9.17) is 28.9 Å². The first-order valence-corrected chi connectivity index (χ1v) is 18.6. The van der Waals surface area contributed by atoms with E-state index in [9.17, 15) is 9.59 Å². The Morgan fingerprint density at radius 1 is 0.632 bits per heavy atom. The van der Waals surface area contributed by atoms with Gasteiger partial charge >= 0.3 is 0 Å². The second-order valence-corrected chi connectivity index (χ2v) is 14.5. The Kier molecular flexibility index (Phi) is 8.56. The van der Waals surface area contributed by atoms with Crippen LogP contribution < -0.4 is 39.4 Å². The van der Waals surface area contributed by atoms with E-state index < -0.39 is 5.54 Å². The molecular formula is C43H42N8O6. The molecule has 0 atom stereocenters. The average molecular weight is 767 g/mol. The summed E-state index contributed by atoms with van der Waals surface area (Å²) in [5.41, 5.74) is 5.95. The Morgan fingerprint density at radius 2 is 1.16 bits per heavy atom. The van der Waals surface area contributed by atoms with Crippen molar-refractivity contribution in [3.63, 3.8) is 0 Å². The summed E-state index contributed by atoms with van der Waals surface area (Å²) < 4.78 is 25.8. The van der Waals surface area contributed by atoms with Gasteiger partial charge in [-0.3, -0.25) is 9.59 Å². The van der Waals surface area contributed by atoms with Crippen LogP contribution in [0.5, 0.6) is 23.0 Å². The topological polar surface area (TPSA) is 137 Å². The molecule has 6 heterocycles. The SMILES string of the molecule is COc1cc(OC)cc(N2C3=C(C(=O)C2(C)C)c2nc4ccccc4n2CN3)c1.COc1cc(OC)cc(N2CC(=O)C3=C2NCCn2c3nc3ccccc32)c1. The van der Waals surface area contributed by atoms with Crippen LogP contribution in [0, 0.1) is 0 Å². The Balaban J connectivity index is 0.000000148. The molecule has 290 valence electrons. The van der Waals surface area contributed by atoms with E-state index >= 15 is 0 Å². The molecule has 0 amide bonds. The Labute approximate surface area is 328 Å². The summed E-state index contributed by atoms with van der Waals surface area (Å²) in [5.74, 6) is 5.74. The summed E-state index contributed by atoms with van der Waals surface area (Å²) in [4.78, 5) is 40.1. The first-order valence-electron chi connectivity index (χ1n) is 18.6. The molecule has 4 aromatic carbocycles. The zero-order valence-corrected chi connectivity index (χ0v) is 32.5. The van der Waals surface area contributed by atoms with Gasteiger partial charge in [0.25, 0.3) is 0 Å². The standard InChI is InChI=1S/C22H22N4O3.C21H20N4O3/c1-22(2)19(27)18-20(26(22)13-9-14(28-3)11-15(10-13)29-4)23-12-25-17-8-6-5-7-16(17)24-21(18)25;1-27-14-9-13(10-15(11-14)28-2)25-12-18(26)19-20(25)22-7-8-24-17-6-4-3-5-16(17)23-21(19)24/h5-11,23H,12H2,1-4H3;3-6,9-11,22H,7-8,12H2,1-2H3. The summed E-state index contributed by atoms with van der Waals surface area (Å²) in [6.07, 6.45) is 0. The fourth-order valence-electron chi connectivity index (χ4n) is 8.17. The molecule has 0 unspecified atom stereocenters. The fraction of sp³-hybridized carbons (Fsp3) is 0.256. The largest absolute Gasteiger partial charge is 0.497 e. The maximum absolute atomic E-state index is 13.5. The number of carbonyl (C=O) groups is 2. The maximum atomic E-state index is 13.5. The summed E-state index contributed by atoms with van der Waals surface area (Å²) in [6.45, 7) is 6.08. The second kappa shape index (κ2) is 13.7. The number of hydrogen-bond donors (Lipinski definition) is 2. The third kappa shape index (κ3) is 5.69. The fourth-order valence-corrected chi connectivity index (χ4v) is 8.17. The molecule has 57 heavy (non-hydrogen) atoms. The highest BCUT2D eigenvalue weighted by molar-refractivity contribution is 6.30. The molecule has 0 radical (unpaired) electrons. The number of para-hydroxylation sites is 4. The molecule has 2 N–H and O–H groups in total. The van der Waals surface area contributed by atoms with Crippen molar-refractivity contribution in [1.29, 1.82) is 0 Å². The molecule has 0 saturated heterocycles. The molecule has 4 aliphatic rings. The van der Waals surface area contributed by atoms with E-state index in [1.807, 2.05) is 109 Å². The number of benzene rings is 4. The number of imidazole rings is 2. The number of fused-ring (bicyclic) bond motifs is 8. The van der Waals surface area contributed by atoms with Crippen molar-refractivity contribution in [2.24, 2.45) is 0 Å². The van der Waals surface area contributed by atoms with Gasteiger partial charge < -0.3 is 48.5 Å². The zero-order valence-electron chi connectivity index (χ0n) is 32.5. The molecule has 0 saturated carbocycles. The van der Waals surface area contributed by atoms with Crippen molar-refractivity contribution in [3.05, 3.63) is 108 Å². The molecular weight excluding hydrogens is 725 g/mol. The number of carbonyl (C=O) groups excluding carboxylic acids is 2. The monoisotopic (exact) mass is 766 g/mol. The maximum Gasteiger partial charge on any atom is 0.195 e. The van der Waals surface area contributed by atoms with Crippen molar-refractivity contribution in [3.8, 4) is 23.0 Å². The van der Waals surface area contributed by atoms with Crippen molar-refractivity contribution in [1.82, 2.24) is 29.7 Å². The minimum absolute atomic E-state index is 0.0260. The van der Waals surface area contributed by atoms with Gasteiger partial charge in [0.1, 0.15) is 63.0 Å². The minimum atomic E-state index is -0.789. The zero-order chi connectivity index (χ0) is 39.6. The van der Waals surface area contributed by atoms with E-state index in [2.05, 4.69) is 19.8 Å². The van der Waals surface area contributed by atoms with Crippen LogP contribution in [0.3, 0.4) is 0 Å². The highest BCUT2D eigenvalue weighted by atomic mass is 16.5. The first-order chi connectivity index (χ1) is 27.6. The highest BCUT2D eigenvalue weighted by Crippen LogP contribution is 2.45. The van der Waals surface area contributed by atoms with Crippen molar-refractivity contribution >= 4 is 56.2 Å². The highest BCUT2D eigenvalue weighted by Gasteiger charge is 2.50. The van der Waals surface area contributed by atoms with Gasteiger partial charge in [0.15, 0.2) is 11.6 Å². The second-order valence-electron chi connectivity index (χ2n) is 14.5. The Bertz CT molecular complexity index is 2650. The number of hydrogen-bond acceptors (Lipinski definition) is 12. The number of aromatic nitrogens is 4. The van der Waals surface area contributed by atoms with Gasteiger partial charge in [-0.15, -0.1) is 0 Å². The molecule has 14 heteroatoms. The van der Waals surface area contributed by atoms with Crippen LogP contribution in [0.4, 0.5) is 11.4 Å². The van der Waals surface area contributed by atoms with Crippen LogP contribution in [0.15, 0.2) is 96.6 Å². The molecule has 0 fully saturated rings. The molecule has 0 spiro atoms. The van der Waals surface area contributed by atoms with Crippen LogP contribution in [-0.4, -0.2) is 77.7 Å². The van der Waals surface area contributed by atoms with E-state index in [0.29, 0.717) is 53.2 Å². The van der Waals surface area contributed by atoms with Gasteiger partial charge in [-0.1, -0.05) is 24.3 Å². The Hall–Kier alpha value is -6.96. The molecule has 10 rings (SSSR count). The molecule has 0 aliphatic carbocycles. The number of ether oxygens (including phenoxy) is 4. The van der Waals surface area contributed by atoms with E-state index in [0.717, 1.165) is 57.5 Å². The molecule has 6 aromatic rings. The normalized spacial score (nSPS) is 16.6. The predicted molar refractivity (Wildman–Crippen MR) is 217 cm³/mol. The summed E-state index contributed by atoms with van der Waals surface area (Å²) in [7, 11) is 6.46. The lowest BCUT2D eigenvalue weighted by atomic mass is 9.95. The third-order valence-corrected chi connectivity index (χ3v) is 10.9. The van der Waals surface area contributed by atoms with Gasteiger partial charge in [0.05, 0.1) is 75.1 Å². The average Bonchev–Trinajstić information content (AvgIpc) is 3.91. The molecule has 0 bridgehead atoms. The lowest BCUT2D eigenvalue weighted by Gasteiger charge is -2.35. The van der Waals surface area contributed by atoms with Crippen molar-refractivity contribution < 1.29 is 28.5 Å². The number of anilines is 2. The van der Waals surface area contributed by atoms with Gasteiger partial charge in [-0.2, -0.15) is 0 Å². The Morgan fingerprint density at radius 3 is 1.74 bits per heavy atom. The quantitative estimate of drug-likeness (QED) is 0.220. The van der Waals surface area contributed by atoms with Gasteiger partial charge in [-0.25, -0.2) is 9.97 Å². The predicted octanol–water partition coefficient (Wildman–Crippen LogP) is 5.57.